The fraction of sp³-hybridized carbons (Fsp3) is 1.00. The van der Waals surface area contributed by atoms with E-state index in [9.17, 15) is 0 Å². The average Bonchev–Trinajstić information content (AvgIpc) is 2.08. The Hall–Kier alpha value is 0.130. The molecule has 0 aromatic rings. The molecular formula is C8H22ClN3O. The first-order chi connectivity index (χ1) is 5.85. The Morgan fingerprint density at radius 1 is 1.31 bits per heavy atom. The first kappa shape index (κ1) is 15.6. The van der Waals surface area contributed by atoms with Crippen LogP contribution < -0.4 is 16.6 Å². The molecule has 0 atom stereocenters. The lowest BCUT2D eigenvalue weighted by molar-refractivity contribution is 0.0669. The number of halogens is 1. The second-order valence-corrected chi connectivity index (χ2v) is 2.90. The molecule has 82 valence electrons. The normalized spacial score (nSPS) is 16.8. The molecule has 1 aliphatic rings. The number of nitrogens with one attached hydrogen (secondary N) is 2. The molecule has 1 fully saturated rings. The molecule has 0 radical (unpaired) electrons. The number of hydrogen-bond donors (Lipinski definition) is 3. The molecule has 1 aliphatic heterocycles. The van der Waals surface area contributed by atoms with Crippen molar-refractivity contribution in [3.05, 3.63) is 0 Å². The van der Waals surface area contributed by atoms with Crippen LogP contribution in [0.3, 0.4) is 0 Å². The summed E-state index contributed by atoms with van der Waals surface area (Å²) in [6.07, 6.45) is 2.47. The fourth-order valence-corrected chi connectivity index (χ4v) is 1.24. The quantitative estimate of drug-likeness (QED) is 0.449. The molecule has 0 amide bonds. The third-order valence-corrected chi connectivity index (χ3v) is 1.83. The third-order valence-electron chi connectivity index (χ3n) is 1.83. The van der Waals surface area contributed by atoms with Gasteiger partial charge in [-0.1, -0.05) is 0 Å². The highest BCUT2D eigenvalue weighted by molar-refractivity contribution is 5.85. The number of hydrogen-bond acceptors (Lipinski definition) is 4. The number of nitrogens with two attached hydrogens (primary N) is 1. The molecular weight excluding hydrogens is 190 g/mol. The Balaban J connectivity index is 0. The third kappa shape index (κ3) is 10.0. The van der Waals surface area contributed by atoms with Crippen molar-refractivity contribution in [1.29, 1.82) is 0 Å². The molecule has 13 heavy (non-hydrogen) atoms. The summed E-state index contributed by atoms with van der Waals surface area (Å²) < 4.78 is 5.22. The highest BCUT2D eigenvalue weighted by Gasteiger charge is 2.11. The van der Waals surface area contributed by atoms with Gasteiger partial charge in [-0.3, -0.25) is 11.3 Å². The maximum Gasteiger partial charge on any atom is 0.0469 e. The first-order valence-electron chi connectivity index (χ1n) is 4.44. The lowest BCUT2D eigenvalue weighted by Crippen LogP contribution is -2.25. The maximum atomic E-state index is 5.22. The summed E-state index contributed by atoms with van der Waals surface area (Å²) in [7, 11) is 3.66. The topological polar surface area (TPSA) is 59.3 Å². The van der Waals surface area contributed by atoms with Gasteiger partial charge in [0.1, 0.15) is 0 Å². The summed E-state index contributed by atoms with van der Waals surface area (Å²) in [5, 5.41) is 3.18. The van der Waals surface area contributed by atoms with Gasteiger partial charge in [-0.2, -0.15) is 0 Å². The van der Waals surface area contributed by atoms with Crippen LogP contribution in [0.4, 0.5) is 0 Å². The second kappa shape index (κ2) is 12.1. The van der Waals surface area contributed by atoms with Crippen LogP contribution in [-0.4, -0.2) is 33.9 Å². The van der Waals surface area contributed by atoms with Crippen molar-refractivity contribution in [2.24, 2.45) is 11.8 Å². The van der Waals surface area contributed by atoms with Crippen LogP contribution in [0, 0.1) is 5.92 Å². The average molecular weight is 212 g/mol. The molecule has 0 unspecified atom stereocenters. The molecule has 1 rings (SSSR count). The van der Waals surface area contributed by atoms with E-state index in [4.69, 9.17) is 4.74 Å². The zero-order chi connectivity index (χ0) is 9.23. The van der Waals surface area contributed by atoms with Crippen molar-refractivity contribution >= 4 is 12.4 Å². The van der Waals surface area contributed by atoms with Crippen LogP contribution >= 0.6 is 12.4 Å². The smallest absolute Gasteiger partial charge is 0.0469 e. The van der Waals surface area contributed by atoms with Gasteiger partial charge < -0.3 is 10.1 Å². The van der Waals surface area contributed by atoms with Gasteiger partial charge in [0.2, 0.25) is 0 Å². The summed E-state index contributed by atoms with van der Waals surface area (Å²) in [6.45, 7) is 3.09. The molecule has 0 aromatic carbocycles. The van der Waals surface area contributed by atoms with Crippen LogP contribution in [0.5, 0.6) is 0 Å². The Morgan fingerprint density at radius 2 is 1.77 bits per heavy atom. The van der Waals surface area contributed by atoms with E-state index in [1.165, 1.54) is 12.8 Å². The fourth-order valence-electron chi connectivity index (χ4n) is 1.24. The maximum absolute atomic E-state index is 5.22. The van der Waals surface area contributed by atoms with Crippen molar-refractivity contribution in [3.63, 3.8) is 0 Å². The molecule has 0 aromatic heterocycles. The van der Waals surface area contributed by atoms with Crippen LogP contribution in [0.15, 0.2) is 0 Å². The Morgan fingerprint density at radius 3 is 2.15 bits per heavy atom. The zero-order valence-electron chi connectivity index (χ0n) is 8.51. The summed E-state index contributed by atoms with van der Waals surface area (Å²) in [5.74, 6) is 5.46. The van der Waals surface area contributed by atoms with Gasteiger partial charge >= 0.3 is 0 Å². The van der Waals surface area contributed by atoms with Crippen LogP contribution in [0.25, 0.3) is 0 Å². The molecule has 1 heterocycles. The lowest BCUT2D eigenvalue weighted by atomic mass is 10.0. The van der Waals surface area contributed by atoms with E-state index in [2.05, 4.69) is 16.6 Å². The SMILES string of the molecule is CNCC1CCOCC1.CNN.Cl. The van der Waals surface area contributed by atoms with Gasteiger partial charge in [0, 0.05) is 13.2 Å². The summed E-state index contributed by atoms with van der Waals surface area (Å²) >= 11 is 0. The minimum atomic E-state index is 0. The molecule has 4 nitrogen and oxygen atoms in total. The monoisotopic (exact) mass is 211 g/mol. The van der Waals surface area contributed by atoms with Crippen molar-refractivity contribution < 1.29 is 4.74 Å². The molecule has 4 N–H and O–H groups in total. The molecule has 0 bridgehead atoms. The molecule has 5 heteroatoms. The Kier molecular flexibility index (Phi) is 14.6. The van der Waals surface area contributed by atoms with Crippen molar-refractivity contribution in [3.8, 4) is 0 Å². The Bertz CT molecular complexity index is 86.7. The standard InChI is InChI=1S/C7H15NO.CH6N2.ClH/c1-8-6-7-2-4-9-5-3-7;1-3-2;/h7-8H,2-6H2,1H3;3H,2H2,1H3;1H. The van der Waals surface area contributed by atoms with Gasteiger partial charge in [-0.15, -0.1) is 12.4 Å². The van der Waals surface area contributed by atoms with Crippen LogP contribution in [0.1, 0.15) is 12.8 Å². The van der Waals surface area contributed by atoms with Gasteiger partial charge in [-0.25, -0.2) is 0 Å². The highest BCUT2D eigenvalue weighted by Crippen LogP contribution is 2.12. The number of ether oxygens (including phenoxy) is 1. The first-order valence-corrected chi connectivity index (χ1v) is 4.44. The van der Waals surface area contributed by atoms with Gasteiger partial charge in [0.15, 0.2) is 0 Å². The van der Waals surface area contributed by atoms with E-state index in [0.717, 1.165) is 25.7 Å². The lowest BCUT2D eigenvalue weighted by Gasteiger charge is -2.21. The van der Waals surface area contributed by atoms with Crippen LogP contribution in [-0.2, 0) is 4.74 Å². The predicted molar refractivity (Wildman–Crippen MR) is 58.0 cm³/mol. The van der Waals surface area contributed by atoms with E-state index < -0.39 is 0 Å². The van der Waals surface area contributed by atoms with Crippen molar-refractivity contribution in [2.45, 2.75) is 12.8 Å². The minimum absolute atomic E-state index is 0. The van der Waals surface area contributed by atoms with E-state index in [-0.39, 0.29) is 12.4 Å². The van der Waals surface area contributed by atoms with Crippen molar-refractivity contribution in [2.75, 3.05) is 33.9 Å². The Labute approximate surface area is 87.0 Å². The van der Waals surface area contributed by atoms with Gasteiger partial charge in [0.05, 0.1) is 0 Å². The van der Waals surface area contributed by atoms with E-state index in [1.807, 2.05) is 7.05 Å². The summed E-state index contributed by atoms with van der Waals surface area (Å²) in [5.41, 5.74) is 2.25. The number of rotatable bonds is 2. The van der Waals surface area contributed by atoms with Crippen molar-refractivity contribution in [1.82, 2.24) is 10.7 Å². The predicted octanol–water partition coefficient (Wildman–Crippen LogP) is 0.134. The van der Waals surface area contributed by atoms with Gasteiger partial charge in [-0.05, 0) is 39.4 Å². The van der Waals surface area contributed by atoms with E-state index in [1.54, 1.807) is 7.05 Å². The van der Waals surface area contributed by atoms with E-state index >= 15 is 0 Å². The minimum Gasteiger partial charge on any atom is -0.381 e. The zero-order valence-corrected chi connectivity index (χ0v) is 9.32. The second-order valence-electron chi connectivity index (χ2n) is 2.90. The largest absolute Gasteiger partial charge is 0.381 e. The van der Waals surface area contributed by atoms with E-state index in [0.29, 0.717) is 0 Å². The molecule has 0 spiro atoms. The van der Waals surface area contributed by atoms with Crippen LogP contribution in [0.2, 0.25) is 0 Å². The summed E-state index contributed by atoms with van der Waals surface area (Å²) in [4.78, 5) is 0. The molecule has 0 aliphatic carbocycles. The highest BCUT2D eigenvalue weighted by atomic mass is 35.5. The molecule has 0 saturated carbocycles. The van der Waals surface area contributed by atoms with Gasteiger partial charge in [0.25, 0.3) is 0 Å². The number of hydrazine groups is 1. The molecule has 1 saturated heterocycles. The summed E-state index contributed by atoms with van der Waals surface area (Å²) in [6, 6.07) is 0.